The lowest BCUT2D eigenvalue weighted by Crippen LogP contribution is -2.39. The van der Waals surface area contributed by atoms with Gasteiger partial charge >= 0.3 is 12.1 Å². The van der Waals surface area contributed by atoms with E-state index in [1.54, 1.807) is 6.92 Å². The molecule has 1 aliphatic rings. The van der Waals surface area contributed by atoms with Gasteiger partial charge < -0.3 is 14.2 Å². The second-order valence-corrected chi connectivity index (χ2v) is 5.73. The minimum absolute atomic E-state index is 0.00913. The SMILES string of the molecule is CCOC(=O)c1c(C(F)(F)F)nc2n1CCN(C(=O)c1cn[nH]c1C)C2. The highest BCUT2D eigenvalue weighted by molar-refractivity contribution is 5.95. The number of aryl methyl sites for hydroxylation is 1. The number of rotatable bonds is 3. The Morgan fingerprint density at radius 1 is 1.35 bits per heavy atom. The molecule has 0 saturated carbocycles. The molecular formula is C15H16F3N5O3. The number of carbonyl (C=O) groups is 2. The maximum absolute atomic E-state index is 13.3. The van der Waals surface area contributed by atoms with Crippen LogP contribution in [-0.4, -0.2) is 49.7 Å². The molecule has 1 aliphatic heterocycles. The summed E-state index contributed by atoms with van der Waals surface area (Å²) in [5, 5.41) is 6.41. The van der Waals surface area contributed by atoms with Crippen molar-refractivity contribution in [2.24, 2.45) is 0 Å². The number of amides is 1. The van der Waals surface area contributed by atoms with Gasteiger partial charge in [-0.15, -0.1) is 0 Å². The van der Waals surface area contributed by atoms with E-state index in [4.69, 9.17) is 4.74 Å². The Kier molecular flexibility index (Phi) is 4.46. The van der Waals surface area contributed by atoms with Crippen LogP contribution in [0.2, 0.25) is 0 Å². The minimum atomic E-state index is -4.80. The summed E-state index contributed by atoms with van der Waals surface area (Å²) >= 11 is 0. The molecule has 8 nitrogen and oxygen atoms in total. The standard InChI is InChI=1S/C15H16F3N5O3/c1-3-26-14(25)11-12(15(16,17)18)20-10-7-22(4-5-23(10)11)13(24)9-6-19-21-8(9)2/h6H,3-5,7H2,1-2H3,(H,19,21). The molecule has 0 aliphatic carbocycles. The smallest absolute Gasteiger partial charge is 0.435 e. The van der Waals surface area contributed by atoms with Crippen molar-refractivity contribution in [3.05, 3.63) is 34.7 Å². The number of aromatic nitrogens is 4. The van der Waals surface area contributed by atoms with Gasteiger partial charge in [-0.25, -0.2) is 9.78 Å². The fourth-order valence-corrected chi connectivity index (χ4v) is 2.85. The fourth-order valence-electron chi connectivity index (χ4n) is 2.85. The Morgan fingerprint density at radius 3 is 2.65 bits per heavy atom. The highest BCUT2D eigenvalue weighted by atomic mass is 19.4. The van der Waals surface area contributed by atoms with Gasteiger partial charge in [0.05, 0.1) is 24.9 Å². The summed E-state index contributed by atoms with van der Waals surface area (Å²) in [6.07, 6.45) is -3.44. The Bertz CT molecular complexity index is 855. The maximum atomic E-state index is 13.3. The number of nitrogens with zero attached hydrogens (tertiary/aromatic N) is 4. The van der Waals surface area contributed by atoms with Gasteiger partial charge in [0.15, 0.2) is 11.4 Å². The van der Waals surface area contributed by atoms with E-state index in [0.717, 1.165) is 0 Å². The molecule has 3 heterocycles. The first-order chi connectivity index (χ1) is 12.2. The lowest BCUT2D eigenvalue weighted by Gasteiger charge is -2.28. The topological polar surface area (TPSA) is 93.1 Å². The number of halogens is 3. The average molecular weight is 371 g/mol. The van der Waals surface area contributed by atoms with Crippen LogP contribution in [0.3, 0.4) is 0 Å². The third-order valence-corrected chi connectivity index (χ3v) is 4.06. The predicted octanol–water partition coefficient (Wildman–Crippen LogP) is 1.77. The van der Waals surface area contributed by atoms with E-state index in [1.807, 2.05) is 0 Å². The average Bonchev–Trinajstić information content (AvgIpc) is 3.16. The number of fused-ring (bicyclic) bond motifs is 1. The van der Waals surface area contributed by atoms with Crippen molar-refractivity contribution >= 4 is 11.9 Å². The summed E-state index contributed by atoms with van der Waals surface area (Å²) in [5.41, 5.74) is -1.01. The number of nitrogens with one attached hydrogen (secondary N) is 1. The minimum Gasteiger partial charge on any atom is -0.461 e. The Hall–Kier alpha value is -2.85. The van der Waals surface area contributed by atoms with Gasteiger partial charge in [-0.2, -0.15) is 18.3 Å². The van der Waals surface area contributed by atoms with E-state index in [0.29, 0.717) is 11.3 Å². The van der Waals surface area contributed by atoms with Crippen LogP contribution >= 0.6 is 0 Å². The van der Waals surface area contributed by atoms with Gasteiger partial charge in [0.1, 0.15) is 5.82 Å². The molecule has 2 aromatic rings. The molecule has 0 spiro atoms. The molecule has 0 bridgehead atoms. The largest absolute Gasteiger partial charge is 0.461 e. The van der Waals surface area contributed by atoms with Gasteiger partial charge in [-0.05, 0) is 13.8 Å². The van der Waals surface area contributed by atoms with E-state index in [2.05, 4.69) is 15.2 Å². The van der Waals surface area contributed by atoms with Gasteiger partial charge in [-0.3, -0.25) is 9.89 Å². The van der Waals surface area contributed by atoms with Crippen LogP contribution in [0, 0.1) is 6.92 Å². The van der Waals surface area contributed by atoms with Crippen molar-refractivity contribution in [3.8, 4) is 0 Å². The lowest BCUT2D eigenvalue weighted by molar-refractivity contribution is -0.141. The molecule has 0 radical (unpaired) electrons. The fraction of sp³-hybridized carbons (Fsp3) is 0.467. The molecule has 0 saturated heterocycles. The van der Waals surface area contributed by atoms with Crippen molar-refractivity contribution in [1.82, 2.24) is 24.6 Å². The summed E-state index contributed by atoms with van der Waals surface area (Å²) in [4.78, 5) is 29.5. The first-order valence-corrected chi connectivity index (χ1v) is 7.87. The van der Waals surface area contributed by atoms with Crippen molar-refractivity contribution in [2.75, 3.05) is 13.2 Å². The van der Waals surface area contributed by atoms with Crippen LogP contribution in [0.15, 0.2) is 6.20 Å². The Morgan fingerprint density at radius 2 is 2.08 bits per heavy atom. The third kappa shape index (κ3) is 3.04. The van der Waals surface area contributed by atoms with Crippen molar-refractivity contribution in [1.29, 1.82) is 0 Å². The van der Waals surface area contributed by atoms with Crippen LogP contribution in [0.5, 0.6) is 0 Å². The highest BCUT2D eigenvalue weighted by Crippen LogP contribution is 2.33. The van der Waals surface area contributed by atoms with Crippen LogP contribution in [-0.2, 0) is 24.0 Å². The first-order valence-electron chi connectivity index (χ1n) is 7.87. The van der Waals surface area contributed by atoms with Crippen molar-refractivity contribution < 1.29 is 27.5 Å². The molecule has 1 amide bonds. The molecule has 11 heteroatoms. The monoisotopic (exact) mass is 371 g/mol. The quantitative estimate of drug-likeness (QED) is 0.830. The highest BCUT2D eigenvalue weighted by Gasteiger charge is 2.43. The molecule has 0 fully saturated rings. The van der Waals surface area contributed by atoms with E-state index in [-0.39, 0.29) is 38.0 Å². The van der Waals surface area contributed by atoms with Crippen LogP contribution < -0.4 is 0 Å². The summed E-state index contributed by atoms with van der Waals surface area (Å²) in [6, 6.07) is 0. The van der Waals surface area contributed by atoms with E-state index in [1.165, 1.54) is 22.6 Å². The normalized spacial score (nSPS) is 14.3. The molecule has 3 rings (SSSR count). The molecule has 0 atom stereocenters. The van der Waals surface area contributed by atoms with E-state index < -0.39 is 23.5 Å². The zero-order chi connectivity index (χ0) is 19.1. The molecule has 140 valence electrons. The van der Waals surface area contributed by atoms with Crippen molar-refractivity contribution in [3.63, 3.8) is 0 Å². The summed E-state index contributed by atoms with van der Waals surface area (Å²) in [5.74, 6) is -1.46. The van der Waals surface area contributed by atoms with Crippen LogP contribution in [0.4, 0.5) is 13.2 Å². The zero-order valence-electron chi connectivity index (χ0n) is 14.1. The number of esters is 1. The molecule has 0 aromatic carbocycles. The number of imidazole rings is 1. The number of H-pyrrole nitrogens is 1. The number of hydrogen-bond acceptors (Lipinski definition) is 5. The molecular weight excluding hydrogens is 355 g/mol. The third-order valence-electron chi connectivity index (χ3n) is 4.06. The van der Waals surface area contributed by atoms with Gasteiger partial charge in [0, 0.05) is 18.8 Å². The lowest BCUT2D eigenvalue weighted by atomic mass is 10.2. The Labute approximate surface area is 145 Å². The van der Waals surface area contributed by atoms with Crippen LogP contribution in [0.25, 0.3) is 0 Å². The van der Waals surface area contributed by atoms with Gasteiger partial charge in [0.2, 0.25) is 0 Å². The number of carbonyl (C=O) groups excluding carboxylic acids is 2. The number of hydrogen-bond donors (Lipinski definition) is 1. The number of alkyl halides is 3. The van der Waals surface area contributed by atoms with Gasteiger partial charge in [-0.1, -0.05) is 0 Å². The molecule has 2 aromatic heterocycles. The number of aromatic amines is 1. The second kappa shape index (κ2) is 6.46. The zero-order valence-corrected chi connectivity index (χ0v) is 14.1. The summed E-state index contributed by atoms with van der Waals surface area (Å²) in [6.45, 7) is 3.12. The van der Waals surface area contributed by atoms with Crippen molar-refractivity contribution in [2.45, 2.75) is 33.1 Å². The molecule has 1 N–H and O–H groups in total. The van der Waals surface area contributed by atoms with Gasteiger partial charge in [0.25, 0.3) is 5.91 Å². The predicted molar refractivity (Wildman–Crippen MR) is 81.3 cm³/mol. The number of ether oxygens (including phenoxy) is 1. The summed E-state index contributed by atoms with van der Waals surface area (Å²) < 4.78 is 45.8. The second-order valence-electron chi connectivity index (χ2n) is 5.73. The first kappa shape index (κ1) is 18.0. The van der Waals surface area contributed by atoms with Crippen LogP contribution in [0.1, 0.15) is 45.0 Å². The Balaban J connectivity index is 1.96. The molecule has 0 unspecified atom stereocenters. The summed E-state index contributed by atoms with van der Waals surface area (Å²) in [7, 11) is 0. The van der Waals surface area contributed by atoms with E-state index >= 15 is 0 Å². The van der Waals surface area contributed by atoms with E-state index in [9.17, 15) is 22.8 Å². The maximum Gasteiger partial charge on any atom is 0.435 e. The molecule has 26 heavy (non-hydrogen) atoms.